The normalized spacial score (nSPS) is 10.2. The Kier molecular flexibility index (Phi) is 5.20. The Morgan fingerprint density at radius 3 is 2.74 bits per heavy atom. The Morgan fingerprint density at radius 2 is 2.04 bits per heavy atom. The summed E-state index contributed by atoms with van der Waals surface area (Å²) in [5, 5.41) is 9.09. The van der Waals surface area contributed by atoms with Crippen molar-refractivity contribution in [2.24, 2.45) is 0 Å². The third kappa shape index (κ3) is 4.01. The fourth-order valence-corrected chi connectivity index (χ4v) is 1.90. The summed E-state index contributed by atoms with van der Waals surface area (Å²) >= 11 is 0. The van der Waals surface area contributed by atoms with Crippen LogP contribution in [0.25, 0.3) is 0 Å². The molecule has 1 aromatic heterocycles. The van der Waals surface area contributed by atoms with E-state index in [1.54, 1.807) is 24.3 Å². The third-order valence-electron chi connectivity index (χ3n) is 2.99. The number of para-hydroxylation sites is 1. The van der Waals surface area contributed by atoms with E-state index >= 15 is 0 Å². The zero-order valence-electron chi connectivity index (χ0n) is 12.2. The molecule has 0 bridgehead atoms. The van der Waals surface area contributed by atoms with Crippen molar-refractivity contribution in [3.8, 4) is 11.9 Å². The fraction of sp³-hybridized carbons (Fsp3) is 0.188. The number of carbonyl (C=O) groups is 1. The minimum Gasteiger partial charge on any atom is -0.472 e. The number of alkyl halides is 2. The Bertz CT molecular complexity index is 744. The van der Waals surface area contributed by atoms with Crippen LogP contribution in [0.5, 0.6) is 5.88 Å². The van der Waals surface area contributed by atoms with Gasteiger partial charge in [0.25, 0.3) is 12.3 Å². The number of pyridine rings is 1. The Morgan fingerprint density at radius 1 is 1.30 bits per heavy atom. The summed E-state index contributed by atoms with van der Waals surface area (Å²) in [7, 11) is 1.51. The summed E-state index contributed by atoms with van der Waals surface area (Å²) in [6.45, 7) is -0.794. The van der Waals surface area contributed by atoms with Crippen LogP contribution in [0.1, 0.15) is 16.1 Å². The molecule has 0 N–H and O–H groups in total. The lowest BCUT2D eigenvalue weighted by Crippen LogP contribution is -2.28. The maximum atomic E-state index is 12.5. The van der Waals surface area contributed by atoms with E-state index in [0.717, 1.165) is 0 Å². The first-order valence-electron chi connectivity index (χ1n) is 6.68. The van der Waals surface area contributed by atoms with Gasteiger partial charge >= 0.3 is 0 Å². The summed E-state index contributed by atoms with van der Waals surface area (Å²) in [5.41, 5.74) is 0.807. The van der Waals surface area contributed by atoms with Gasteiger partial charge in [-0.15, -0.1) is 0 Å². The van der Waals surface area contributed by atoms with Gasteiger partial charge in [0.1, 0.15) is 11.8 Å². The molecule has 118 valence electrons. The van der Waals surface area contributed by atoms with Gasteiger partial charge in [-0.05, 0) is 18.2 Å². The number of benzene rings is 1. The number of anilines is 1. The number of carbonyl (C=O) groups excluding carboxylic acids is 1. The number of halogens is 2. The van der Waals surface area contributed by atoms with E-state index in [4.69, 9.17) is 10.00 Å². The topological polar surface area (TPSA) is 66.2 Å². The van der Waals surface area contributed by atoms with Crippen LogP contribution >= 0.6 is 0 Å². The highest BCUT2D eigenvalue weighted by Crippen LogP contribution is 2.20. The molecule has 1 heterocycles. The molecule has 0 aliphatic carbocycles. The van der Waals surface area contributed by atoms with E-state index in [1.807, 2.05) is 6.07 Å². The minimum atomic E-state index is -2.62. The van der Waals surface area contributed by atoms with Crippen LogP contribution in [-0.2, 0) is 0 Å². The quantitative estimate of drug-likeness (QED) is 0.850. The summed E-state index contributed by atoms with van der Waals surface area (Å²) < 4.78 is 29.1. The highest BCUT2D eigenvalue weighted by molar-refractivity contribution is 6.05. The smallest absolute Gasteiger partial charge is 0.276 e. The molecular weight excluding hydrogens is 304 g/mol. The second-order valence-corrected chi connectivity index (χ2v) is 4.56. The molecule has 0 saturated carbocycles. The molecule has 1 aromatic carbocycles. The van der Waals surface area contributed by atoms with Gasteiger partial charge in [-0.1, -0.05) is 18.2 Å². The fourth-order valence-electron chi connectivity index (χ4n) is 1.90. The molecule has 1 amide bonds. The maximum Gasteiger partial charge on any atom is 0.276 e. The number of aromatic nitrogens is 1. The van der Waals surface area contributed by atoms with Crippen molar-refractivity contribution < 1.29 is 18.3 Å². The van der Waals surface area contributed by atoms with Gasteiger partial charge < -0.3 is 9.64 Å². The summed E-state index contributed by atoms with van der Waals surface area (Å²) in [4.78, 5) is 17.6. The Hall–Kier alpha value is -3.01. The van der Waals surface area contributed by atoms with Crippen LogP contribution in [0.4, 0.5) is 14.5 Å². The second kappa shape index (κ2) is 7.31. The van der Waals surface area contributed by atoms with E-state index in [9.17, 15) is 13.6 Å². The van der Waals surface area contributed by atoms with E-state index in [2.05, 4.69) is 4.98 Å². The minimum absolute atomic E-state index is 0.0343. The van der Waals surface area contributed by atoms with Crippen molar-refractivity contribution in [2.45, 2.75) is 6.43 Å². The van der Waals surface area contributed by atoms with Gasteiger partial charge in [-0.3, -0.25) is 4.79 Å². The van der Waals surface area contributed by atoms with Gasteiger partial charge in [0, 0.05) is 13.1 Å². The lowest BCUT2D eigenvalue weighted by molar-refractivity contribution is 0.0793. The van der Waals surface area contributed by atoms with Crippen molar-refractivity contribution in [3.63, 3.8) is 0 Å². The first kappa shape index (κ1) is 16.4. The number of hydrogen-bond acceptors (Lipinski definition) is 4. The third-order valence-corrected chi connectivity index (χ3v) is 2.99. The standard InChI is InChI=1S/C16H13F2N3O2/c1-21(13-7-3-2-5-11(13)9-19)16(22)12-6-4-8-15(20-12)23-10-14(17)18/h2-8,14H,10H2,1H3. The van der Waals surface area contributed by atoms with E-state index in [-0.39, 0.29) is 11.6 Å². The molecule has 23 heavy (non-hydrogen) atoms. The molecule has 0 saturated heterocycles. The molecule has 2 aromatic rings. The molecule has 0 spiro atoms. The van der Waals surface area contributed by atoms with Crippen molar-refractivity contribution in [3.05, 3.63) is 53.7 Å². The van der Waals surface area contributed by atoms with Crippen LogP contribution < -0.4 is 9.64 Å². The Labute approximate surface area is 131 Å². The van der Waals surface area contributed by atoms with Gasteiger partial charge in [-0.2, -0.15) is 5.26 Å². The number of rotatable bonds is 5. The SMILES string of the molecule is CN(C(=O)c1cccc(OCC(F)F)n1)c1ccccc1C#N. The summed E-state index contributed by atoms with van der Waals surface area (Å²) in [6.07, 6.45) is -2.62. The van der Waals surface area contributed by atoms with Crippen molar-refractivity contribution in [1.29, 1.82) is 5.26 Å². The molecular formula is C16H13F2N3O2. The molecule has 0 atom stereocenters. The molecule has 7 heteroatoms. The number of amides is 1. The largest absolute Gasteiger partial charge is 0.472 e. The first-order valence-corrected chi connectivity index (χ1v) is 6.68. The number of hydrogen-bond donors (Lipinski definition) is 0. The average Bonchev–Trinajstić information content (AvgIpc) is 2.58. The highest BCUT2D eigenvalue weighted by atomic mass is 19.3. The highest BCUT2D eigenvalue weighted by Gasteiger charge is 2.18. The predicted octanol–water partition coefficient (Wildman–Crippen LogP) is 2.87. The molecule has 0 radical (unpaired) electrons. The number of ether oxygens (including phenoxy) is 1. The molecule has 0 aliphatic heterocycles. The van der Waals surface area contributed by atoms with E-state index in [0.29, 0.717) is 11.3 Å². The van der Waals surface area contributed by atoms with Crippen LogP contribution in [0.15, 0.2) is 42.5 Å². The van der Waals surface area contributed by atoms with E-state index in [1.165, 1.54) is 30.1 Å². The monoisotopic (exact) mass is 317 g/mol. The van der Waals surface area contributed by atoms with Crippen LogP contribution in [0.3, 0.4) is 0 Å². The lowest BCUT2D eigenvalue weighted by atomic mass is 10.1. The molecule has 2 rings (SSSR count). The van der Waals surface area contributed by atoms with Crippen molar-refractivity contribution in [1.82, 2.24) is 4.98 Å². The number of nitriles is 1. The van der Waals surface area contributed by atoms with Crippen LogP contribution in [0.2, 0.25) is 0 Å². The molecule has 0 unspecified atom stereocenters. The van der Waals surface area contributed by atoms with Gasteiger partial charge in [0.15, 0.2) is 6.61 Å². The van der Waals surface area contributed by atoms with Crippen LogP contribution in [-0.4, -0.2) is 31.0 Å². The second-order valence-electron chi connectivity index (χ2n) is 4.56. The van der Waals surface area contributed by atoms with Crippen LogP contribution in [0, 0.1) is 11.3 Å². The van der Waals surface area contributed by atoms with Crippen molar-refractivity contribution >= 4 is 11.6 Å². The van der Waals surface area contributed by atoms with Gasteiger partial charge in [-0.25, -0.2) is 13.8 Å². The predicted molar refractivity (Wildman–Crippen MR) is 79.6 cm³/mol. The first-order chi connectivity index (χ1) is 11.0. The maximum absolute atomic E-state index is 12.5. The molecule has 5 nitrogen and oxygen atoms in total. The zero-order chi connectivity index (χ0) is 16.8. The van der Waals surface area contributed by atoms with E-state index < -0.39 is 18.9 Å². The van der Waals surface area contributed by atoms with Gasteiger partial charge in [0.2, 0.25) is 5.88 Å². The van der Waals surface area contributed by atoms with Gasteiger partial charge in [0.05, 0.1) is 11.3 Å². The summed E-state index contributed by atoms with van der Waals surface area (Å²) in [5.74, 6) is -0.534. The van der Waals surface area contributed by atoms with Crippen molar-refractivity contribution in [2.75, 3.05) is 18.6 Å². The average molecular weight is 317 g/mol. The molecule has 0 fully saturated rings. The number of nitrogens with zero attached hydrogens (tertiary/aromatic N) is 3. The Balaban J connectivity index is 2.23. The molecule has 0 aliphatic rings. The lowest BCUT2D eigenvalue weighted by Gasteiger charge is -2.18. The zero-order valence-corrected chi connectivity index (χ0v) is 12.2. The summed E-state index contributed by atoms with van der Waals surface area (Å²) in [6, 6.07) is 13.0.